The molecule has 4 saturated carbocycles. The number of rotatable bonds is 7. The van der Waals surface area contributed by atoms with Crippen LogP contribution in [0, 0.1) is 46.3 Å². The maximum absolute atomic E-state index is 12.3. The second-order valence-electron chi connectivity index (χ2n) is 14.6. The Morgan fingerprint density at radius 1 is 0.886 bits per heavy atom. The van der Waals surface area contributed by atoms with E-state index < -0.39 is 17.3 Å². The molecule has 0 bridgehead atoms. The fraction of sp³-hybridized carbons (Fsp3) is 1.00. The van der Waals surface area contributed by atoms with Crippen molar-refractivity contribution in [2.75, 3.05) is 20.6 Å². The number of aliphatic hydroxyl groups excluding tert-OH is 1. The molecule has 0 radical (unpaired) electrons. The molecule has 5 heteroatoms. The Bertz CT molecular complexity index is 732. The van der Waals surface area contributed by atoms with Crippen molar-refractivity contribution in [3.63, 3.8) is 0 Å². The quantitative estimate of drug-likeness (QED) is 0.396. The molecular weight excluding hydrogens is 458 g/mol. The molecule has 0 aromatic rings. The maximum Gasteiger partial charge on any atom is 0.107 e. The Labute approximate surface area is 222 Å². The van der Waals surface area contributed by atoms with E-state index in [0.717, 1.165) is 30.6 Å². The third-order valence-corrected chi connectivity index (χ3v) is 11.9. The largest absolute Gasteiger partial charge is 0.393 e. The lowest BCUT2D eigenvalue weighted by Crippen LogP contribution is -2.76. The van der Waals surface area contributed by atoms with Gasteiger partial charge in [0.1, 0.15) is 11.2 Å². The first-order valence-corrected chi connectivity index (χ1v) is 14.5. The summed E-state index contributed by atoms with van der Waals surface area (Å²) in [6.45, 7) is 12.5. The summed E-state index contributed by atoms with van der Waals surface area (Å²) >= 11 is 0. The zero-order chi connectivity index (χ0) is 25.1. The predicted octanol–water partition coefficient (Wildman–Crippen LogP) is 5.91. The molecule has 0 aliphatic heterocycles. The van der Waals surface area contributed by atoms with Crippen molar-refractivity contribution in [2.24, 2.45) is 46.3 Å². The Morgan fingerprint density at radius 3 is 2.20 bits per heavy atom. The number of halogens is 1. The van der Waals surface area contributed by atoms with E-state index in [0.29, 0.717) is 42.6 Å². The zero-order valence-electron chi connectivity index (χ0n) is 23.7. The van der Waals surface area contributed by atoms with E-state index in [9.17, 15) is 15.3 Å². The van der Waals surface area contributed by atoms with Gasteiger partial charge in [0.2, 0.25) is 0 Å². The summed E-state index contributed by atoms with van der Waals surface area (Å²) in [6, 6.07) is 0. The second kappa shape index (κ2) is 10.4. The van der Waals surface area contributed by atoms with Gasteiger partial charge in [-0.25, -0.2) is 0 Å². The van der Waals surface area contributed by atoms with Crippen LogP contribution in [0.1, 0.15) is 105 Å². The van der Waals surface area contributed by atoms with Crippen LogP contribution in [0.5, 0.6) is 0 Å². The number of hydrogen-bond acceptors (Lipinski definition) is 4. The lowest BCUT2D eigenvalue weighted by Gasteiger charge is -2.69. The molecule has 0 saturated heterocycles. The molecular formula is C30H56ClNO3. The van der Waals surface area contributed by atoms with Gasteiger partial charge in [-0.05, 0) is 100.0 Å². The fourth-order valence-electron chi connectivity index (χ4n) is 10.2. The van der Waals surface area contributed by atoms with Crippen LogP contribution in [0.25, 0.3) is 0 Å². The highest BCUT2D eigenvalue weighted by molar-refractivity contribution is 5.85. The van der Waals surface area contributed by atoms with Gasteiger partial charge in [-0.15, -0.1) is 12.4 Å². The SMILES string of the molecule is CC(C)CCC[C@@H](C)[C@H]1CC[C@H]2[C@@H]3CC(O)(CN(C)C)C4(O)CC(O)CC[C@]4(C)[C@H]3CC[C@]12C.Cl. The van der Waals surface area contributed by atoms with Crippen LogP contribution in [-0.2, 0) is 0 Å². The van der Waals surface area contributed by atoms with Crippen molar-refractivity contribution in [3.05, 3.63) is 0 Å². The van der Waals surface area contributed by atoms with Gasteiger partial charge >= 0.3 is 0 Å². The number of likely N-dealkylation sites (N-methyl/N-ethyl adjacent to an activating group) is 1. The van der Waals surface area contributed by atoms with Crippen molar-refractivity contribution in [1.29, 1.82) is 0 Å². The Morgan fingerprint density at radius 2 is 1.57 bits per heavy atom. The van der Waals surface area contributed by atoms with Crippen LogP contribution in [0.15, 0.2) is 0 Å². The van der Waals surface area contributed by atoms with Gasteiger partial charge in [-0.1, -0.05) is 53.9 Å². The Kier molecular flexibility index (Phi) is 8.79. The van der Waals surface area contributed by atoms with E-state index in [1.165, 1.54) is 44.9 Å². The van der Waals surface area contributed by atoms with E-state index in [4.69, 9.17) is 0 Å². The van der Waals surface area contributed by atoms with Crippen molar-refractivity contribution in [1.82, 2.24) is 4.90 Å². The van der Waals surface area contributed by atoms with E-state index in [1.54, 1.807) is 0 Å². The molecule has 35 heavy (non-hydrogen) atoms. The second-order valence-corrected chi connectivity index (χ2v) is 14.6. The van der Waals surface area contributed by atoms with Crippen LogP contribution >= 0.6 is 12.4 Å². The highest BCUT2D eigenvalue weighted by Crippen LogP contribution is 2.70. The highest BCUT2D eigenvalue weighted by atomic mass is 35.5. The third kappa shape index (κ3) is 4.75. The van der Waals surface area contributed by atoms with E-state index in [1.807, 2.05) is 19.0 Å². The van der Waals surface area contributed by atoms with E-state index >= 15 is 0 Å². The van der Waals surface area contributed by atoms with Gasteiger partial charge in [0.05, 0.1) is 6.10 Å². The van der Waals surface area contributed by atoms with E-state index in [-0.39, 0.29) is 17.8 Å². The summed E-state index contributed by atoms with van der Waals surface area (Å²) in [6.07, 6.45) is 11.1. The molecule has 0 amide bonds. The van der Waals surface area contributed by atoms with Crippen LogP contribution in [-0.4, -0.2) is 58.2 Å². The van der Waals surface area contributed by atoms with Crippen LogP contribution in [0.4, 0.5) is 0 Å². The van der Waals surface area contributed by atoms with Gasteiger partial charge in [0.25, 0.3) is 0 Å². The van der Waals surface area contributed by atoms with Gasteiger partial charge in [-0.2, -0.15) is 0 Å². The molecule has 10 atom stereocenters. The van der Waals surface area contributed by atoms with Gasteiger partial charge in [0.15, 0.2) is 0 Å². The molecule has 4 rings (SSSR count). The minimum Gasteiger partial charge on any atom is -0.393 e. The first kappa shape index (κ1) is 29.7. The number of aliphatic hydroxyl groups is 3. The minimum absolute atomic E-state index is 0. The van der Waals surface area contributed by atoms with Crippen LogP contribution in [0.3, 0.4) is 0 Å². The topological polar surface area (TPSA) is 63.9 Å². The van der Waals surface area contributed by atoms with Crippen molar-refractivity contribution >= 4 is 12.4 Å². The summed E-state index contributed by atoms with van der Waals surface area (Å²) in [5, 5.41) is 35.1. The third-order valence-electron chi connectivity index (χ3n) is 11.9. The Hall–Kier alpha value is 0.130. The summed E-state index contributed by atoms with van der Waals surface area (Å²) in [5.41, 5.74) is -2.37. The summed E-state index contributed by atoms with van der Waals surface area (Å²) < 4.78 is 0. The first-order valence-electron chi connectivity index (χ1n) is 14.5. The molecule has 4 nitrogen and oxygen atoms in total. The standard InChI is InChI=1S/C30H55NO3.ClH/c1-20(2)9-8-10-21(3)24-11-12-25-23-18-29(33,19-31(6)7)30(34)17-22(32)13-16-28(30,5)26(23)14-15-27(24,25)4;/h20-26,32-34H,8-19H2,1-7H3;1H/t21-,22?,23+,24-,25+,26+,27-,28-,29?,30?;/m1./s1. The molecule has 4 aliphatic rings. The molecule has 4 aliphatic carbocycles. The van der Waals surface area contributed by atoms with Gasteiger partial charge < -0.3 is 20.2 Å². The molecule has 4 fully saturated rings. The zero-order valence-corrected chi connectivity index (χ0v) is 24.5. The van der Waals surface area contributed by atoms with Crippen molar-refractivity contribution in [2.45, 2.75) is 123 Å². The van der Waals surface area contributed by atoms with Gasteiger partial charge in [-0.3, -0.25) is 0 Å². The maximum atomic E-state index is 12.3. The molecule has 0 aromatic carbocycles. The summed E-state index contributed by atoms with van der Waals surface area (Å²) in [5.74, 6) is 3.91. The molecule has 0 aromatic heterocycles. The first-order chi connectivity index (χ1) is 15.8. The molecule has 0 heterocycles. The molecule has 0 spiro atoms. The monoisotopic (exact) mass is 513 g/mol. The smallest absolute Gasteiger partial charge is 0.107 e. The number of nitrogens with zero attached hydrogens (tertiary/aromatic N) is 1. The lowest BCUT2D eigenvalue weighted by molar-refractivity contribution is -0.308. The fourth-order valence-corrected chi connectivity index (χ4v) is 10.2. The highest BCUT2D eigenvalue weighted by Gasteiger charge is 2.72. The summed E-state index contributed by atoms with van der Waals surface area (Å²) in [4.78, 5) is 2.04. The Balaban J connectivity index is 0.00000342. The van der Waals surface area contributed by atoms with Crippen molar-refractivity contribution < 1.29 is 15.3 Å². The van der Waals surface area contributed by atoms with E-state index in [2.05, 4.69) is 34.6 Å². The molecule has 3 N–H and O–H groups in total. The van der Waals surface area contributed by atoms with Crippen LogP contribution < -0.4 is 0 Å². The summed E-state index contributed by atoms with van der Waals surface area (Å²) in [7, 11) is 4.00. The molecule has 3 unspecified atom stereocenters. The normalized spacial score (nSPS) is 48.2. The molecule has 206 valence electrons. The minimum atomic E-state index is -1.22. The van der Waals surface area contributed by atoms with Crippen LogP contribution in [0.2, 0.25) is 0 Å². The van der Waals surface area contributed by atoms with Gasteiger partial charge in [0, 0.05) is 18.4 Å². The lowest BCUT2D eigenvalue weighted by atomic mass is 9.39. The number of hydrogen-bond donors (Lipinski definition) is 3. The average Bonchev–Trinajstić information content (AvgIpc) is 3.07. The average molecular weight is 514 g/mol. The van der Waals surface area contributed by atoms with Crippen molar-refractivity contribution in [3.8, 4) is 0 Å². The number of fused-ring (bicyclic) bond motifs is 5. The predicted molar refractivity (Wildman–Crippen MR) is 147 cm³/mol.